The minimum atomic E-state index is -3.67. The molecule has 0 spiro atoms. The first-order valence-corrected chi connectivity index (χ1v) is 14.6. The van der Waals surface area contributed by atoms with E-state index in [1.54, 1.807) is 41.6 Å². The van der Waals surface area contributed by atoms with E-state index >= 15 is 0 Å². The van der Waals surface area contributed by atoms with Gasteiger partial charge < -0.3 is 0 Å². The van der Waals surface area contributed by atoms with Crippen LogP contribution in [0.1, 0.15) is 22.3 Å². The molecule has 0 saturated carbocycles. The van der Waals surface area contributed by atoms with E-state index in [2.05, 4.69) is 42.0 Å². The maximum absolute atomic E-state index is 13.6. The van der Waals surface area contributed by atoms with Crippen molar-refractivity contribution in [2.45, 2.75) is 35.9 Å². The number of rotatable bonds is 5. The first kappa shape index (κ1) is 22.5. The summed E-state index contributed by atoms with van der Waals surface area (Å²) in [5.74, 6) is 0.821. The van der Waals surface area contributed by atoms with Gasteiger partial charge in [0.1, 0.15) is 11.4 Å². The van der Waals surface area contributed by atoms with Crippen molar-refractivity contribution in [3.63, 3.8) is 0 Å². The molecule has 1 aliphatic rings. The van der Waals surface area contributed by atoms with Crippen LogP contribution in [0.5, 0.6) is 0 Å². The highest BCUT2D eigenvalue weighted by Crippen LogP contribution is 2.40. The SMILES string of the molecule is Cc1ccc(C)c(CSc2ncnc3c2sc2ccc(S(=O)(=O)N4CCc5ccccc54)cc23)c1. The average Bonchev–Trinajstić information content (AvgIpc) is 3.46. The molecular formula is C27H23N3O2S3. The van der Waals surface area contributed by atoms with Crippen LogP contribution in [0, 0.1) is 13.8 Å². The minimum absolute atomic E-state index is 0.296. The molecule has 0 amide bonds. The summed E-state index contributed by atoms with van der Waals surface area (Å²) in [7, 11) is -3.67. The third-order valence-corrected chi connectivity index (χ3v) is 10.6. The Balaban J connectivity index is 1.38. The van der Waals surface area contributed by atoms with Crippen molar-refractivity contribution < 1.29 is 8.42 Å². The van der Waals surface area contributed by atoms with Gasteiger partial charge in [-0.05, 0) is 61.2 Å². The van der Waals surface area contributed by atoms with Gasteiger partial charge in [0.05, 0.1) is 20.8 Å². The lowest BCUT2D eigenvalue weighted by Crippen LogP contribution is -2.29. The van der Waals surface area contributed by atoms with E-state index in [-0.39, 0.29) is 0 Å². The van der Waals surface area contributed by atoms with Crippen molar-refractivity contribution in [2.75, 3.05) is 10.8 Å². The van der Waals surface area contributed by atoms with Crippen molar-refractivity contribution >= 4 is 59.1 Å². The number of thiophene rings is 1. The number of benzene rings is 3. The highest BCUT2D eigenvalue weighted by Gasteiger charge is 2.31. The zero-order valence-corrected chi connectivity index (χ0v) is 21.8. The second-order valence-corrected chi connectivity index (χ2v) is 12.7. The molecule has 0 unspecified atom stereocenters. The van der Waals surface area contributed by atoms with Crippen molar-refractivity contribution in [2.24, 2.45) is 0 Å². The number of hydrogen-bond donors (Lipinski definition) is 0. The van der Waals surface area contributed by atoms with Crippen LogP contribution in [0.3, 0.4) is 0 Å². The first-order chi connectivity index (χ1) is 16.9. The van der Waals surface area contributed by atoms with Crippen LogP contribution in [0.4, 0.5) is 5.69 Å². The first-order valence-electron chi connectivity index (χ1n) is 11.4. The van der Waals surface area contributed by atoms with E-state index in [4.69, 9.17) is 0 Å². The number of nitrogens with zero attached hydrogens (tertiary/aromatic N) is 3. The zero-order chi connectivity index (χ0) is 24.2. The molecular weight excluding hydrogens is 495 g/mol. The fraction of sp³-hybridized carbons (Fsp3) is 0.185. The Kier molecular flexibility index (Phi) is 5.55. The van der Waals surface area contributed by atoms with E-state index in [9.17, 15) is 8.42 Å². The fourth-order valence-corrected chi connectivity index (χ4v) is 8.39. The topological polar surface area (TPSA) is 63.2 Å². The minimum Gasteiger partial charge on any atom is -0.266 e. The molecule has 0 bridgehead atoms. The summed E-state index contributed by atoms with van der Waals surface area (Å²) in [5, 5.41) is 1.78. The van der Waals surface area contributed by atoms with Crippen LogP contribution in [-0.4, -0.2) is 24.9 Å². The van der Waals surface area contributed by atoms with Gasteiger partial charge in [-0.1, -0.05) is 42.0 Å². The number of sulfonamides is 1. The third kappa shape index (κ3) is 3.90. The van der Waals surface area contributed by atoms with Crippen molar-refractivity contribution in [3.8, 4) is 0 Å². The van der Waals surface area contributed by atoms with Gasteiger partial charge in [-0.15, -0.1) is 23.1 Å². The summed E-state index contributed by atoms with van der Waals surface area (Å²) in [5.41, 5.74) is 6.45. The number of anilines is 1. The quantitative estimate of drug-likeness (QED) is 0.197. The van der Waals surface area contributed by atoms with Crippen LogP contribution in [0.15, 0.2) is 76.9 Å². The average molecular weight is 518 g/mol. The van der Waals surface area contributed by atoms with E-state index in [1.165, 1.54) is 21.0 Å². The largest absolute Gasteiger partial charge is 0.266 e. The zero-order valence-electron chi connectivity index (χ0n) is 19.4. The lowest BCUT2D eigenvalue weighted by Gasteiger charge is -2.19. The molecule has 1 aliphatic heterocycles. The lowest BCUT2D eigenvalue weighted by atomic mass is 10.1. The van der Waals surface area contributed by atoms with Crippen molar-refractivity contribution in [1.82, 2.24) is 9.97 Å². The van der Waals surface area contributed by atoms with Gasteiger partial charge in [-0.3, -0.25) is 4.31 Å². The fourth-order valence-electron chi connectivity index (χ4n) is 4.58. The highest BCUT2D eigenvalue weighted by molar-refractivity contribution is 7.98. The third-order valence-electron chi connectivity index (χ3n) is 6.49. The van der Waals surface area contributed by atoms with Crippen LogP contribution in [0.2, 0.25) is 0 Å². The Labute approximate surface area is 212 Å². The molecule has 8 heteroatoms. The van der Waals surface area contributed by atoms with Gasteiger partial charge in [0.25, 0.3) is 10.0 Å². The van der Waals surface area contributed by atoms with Crippen LogP contribution in [0.25, 0.3) is 20.3 Å². The molecule has 0 atom stereocenters. The van der Waals surface area contributed by atoms with Gasteiger partial charge >= 0.3 is 0 Å². The summed E-state index contributed by atoms with van der Waals surface area (Å²) < 4.78 is 30.7. The molecule has 0 saturated heterocycles. The summed E-state index contributed by atoms with van der Waals surface area (Å²) >= 11 is 3.31. The summed E-state index contributed by atoms with van der Waals surface area (Å²) in [6.45, 7) is 4.70. The number of aromatic nitrogens is 2. The smallest absolute Gasteiger partial charge is 0.264 e. The normalized spacial score (nSPS) is 13.6. The van der Waals surface area contributed by atoms with Crippen molar-refractivity contribution in [3.05, 3.63) is 89.2 Å². The van der Waals surface area contributed by atoms with Gasteiger partial charge in [0.2, 0.25) is 0 Å². The predicted molar refractivity (Wildman–Crippen MR) is 145 cm³/mol. The maximum atomic E-state index is 13.6. The van der Waals surface area contributed by atoms with Crippen LogP contribution >= 0.6 is 23.1 Å². The Morgan fingerprint density at radius 2 is 1.89 bits per heavy atom. The van der Waals surface area contributed by atoms with Gasteiger partial charge in [0.15, 0.2) is 0 Å². The molecule has 0 radical (unpaired) electrons. The number of para-hydroxylation sites is 1. The summed E-state index contributed by atoms with van der Waals surface area (Å²) in [4.78, 5) is 9.41. The number of thioether (sulfide) groups is 1. The van der Waals surface area contributed by atoms with E-state index < -0.39 is 10.0 Å². The number of fused-ring (bicyclic) bond motifs is 4. The molecule has 3 aromatic carbocycles. The molecule has 0 N–H and O–H groups in total. The van der Waals surface area contributed by atoms with Crippen molar-refractivity contribution in [1.29, 1.82) is 0 Å². The van der Waals surface area contributed by atoms with Crippen LogP contribution < -0.4 is 4.31 Å². The monoisotopic (exact) mass is 517 g/mol. The molecule has 5 nitrogen and oxygen atoms in total. The Hall–Kier alpha value is -2.94. The molecule has 176 valence electrons. The molecule has 0 aliphatic carbocycles. The van der Waals surface area contributed by atoms with E-state index in [0.29, 0.717) is 11.4 Å². The maximum Gasteiger partial charge on any atom is 0.264 e. The van der Waals surface area contributed by atoms with Crippen LogP contribution in [-0.2, 0) is 22.2 Å². The molecule has 2 aromatic heterocycles. The number of hydrogen-bond acceptors (Lipinski definition) is 6. The molecule has 5 aromatic rings. The van der Waals surface area contributed by atoms with Gasteiger partial charge in [-0.25, -0.2) is 18.4 Å². The molecule has 3 heterocycles. The molecule has 35 heavy (non-hydrogen) atoms. The second-order valence-electron chi connectivity index (χ2n) is 8.79. The molecule has 0 fully saturated rings. The molecule has 6 rings (SSSR count). The Bertz CT molecular complexity index is 1710. The van der Waals surface area contributed by atoms with Gasteiger partial charge in [-0.2, -0.15) is 0 Å². The second kappa shape index (κ2) is 8.62. The van der Waals surface area contributed by atoms with E-state index in [0.717, 1.165) is 48.8 Å². The highest BCUT2D eigenvalue weighted by atomic mass is 32.2. The lowest BCUT2D eigenvalue weighted by molar-refractivity contribution is 0.592. The number of aryl methyl sites for hydroxylation is 2. The predicted octanol–water partition coefficient (Wildman–Crippen LogP) is 6.51. The summed E-state index contributed by atoms with van der Waals surface area (Å²) in [6.07, 6.45) is 2.31. The Morgan fingerprint density at radius 1 is 1.03 bits per heavy atom. The standard InChI is InChI=1S/C27H23N3O2S3/c1-17-7-8-18(2)20(13-17)15-33-27-26-25(28-16-29-27)22-14-21(9-10-24(22)34-26)35(31,32)30-12-11-19-5-3-4-6-23(19)30/h3-10,13-14,16H,11-12,15H2,1-2H3. The Morgan fingerprint density at radius 3 is 2.77 bits per heavy atom. The van der Waals surface area contributed by atoms with Gasteiger partial charge in [0, 0.05) is 22.4 Å². The van der Waals surface area contributed by atoms with E-state index in [1.807, 2.05) is 30.3 Å². The summed E-state index contributed by atoms with van der Waals surface area (Å²) in [6, 6.07) is 19.6.